The lowest BCUT2D eigenvalue weighted by Crippen LogP contribution is -2.40. The molecule has 0 atom stereocenters. The van der Waals surface area contributed by atoms with E-state index in [0.717, 1.165) is 61.2 Å². The Balaban J connectivity index is 1.20. The molecule has 0 radical (unpaired) electrons. The van der Waals surface area contributed by atoms with E-state index in [1.54, 1.807) is 12.1 Å². The van der Waals surface area contributed by atoms with E-state index in [1.807, 2.05) is 17.0 Å². The van der Waals surface area contributed by atoms with E-state index in [2.05, 4.69) is 26.9 Å². The van der Waals surface area contributed by atoms with Gasteiger partial charge in [-0.1, -0.05) is 15.9 Å². The molecule has 0 saturated carbocycles. The van der Waals surface area contributed by atoms with E-state index in [9.17, 15) is 9.18 Å². The molecule has 2 heterocycles. The van der Waals surface area contributed by atoms with Gasteiger partial charge in [0, 0.05) is 29.7 Å². The van der Waals surface area contributed by atoms with Crippen LogP contribution in [0.1, 0.15) is 28.8 Å². The molecular weight excluding hydrogens is 423 g/mol. The maximum absolute atomic E-state index is 12.9. The molecule has 4 nitrogen and oxygen atoms in total. The first-order valence-corrected chi connectivity index (χ1v) is 10.6. The topological polar surface area (TPSA) is 32.8 Å². The van der Waals surface area contributed by atoms with E-state index in [1.165, 1.54) is 12.1 Å². The number of rotatable bonds is 6. The number of piperidine rings is 1. The number of fused-ring (bicyclic) bond motifs is 1. The number of amides is 1. The predicted molar refractivity (Wildman–Crippen MR) is 110 cm³/mol. The van der Waals surface area contributed by atoms with Crippen molar-refractivity contribution >= 4 is 21.8 Å². The minimum Gasteiger partial charge on any atom is -0.492 e. The molecule has 1 saturated heterocycles. The Bertz CT molecular complexity index is 835. The largest absolute Gasteiger partial charge is 0.492 e. The zero-order valence-electron chi connectivity index (χ0n) is 15.7. The van der Waals surface area contributed by atoms with Gasteiger partial charge in [-0.3, -0.25) is 9.69 Å². The molecule has 0 aromatic heterocycles. The molecule has 0 spiro atoms. The maximum atomic E-state index is 12.9. The normalized spacial score (nSPS) is 17.8. The average Bonchev–Trinajstić information content (AvgIpc) is 2.99. The molecule has 6 heteroatoms. The SMILES string of the molecule is O=C1c2ccc(Br)cc2CN1CC1CCN(CCOc2ccc(F)cc2)CC1. The van der Waals surface area contributed by atoms with Crippen LogP contribution in [-0.4, -0.2) is 48.5 Å². The van der Waals surface area contributed by atoms with Crippen molar-refractivity contribution in [3.05, 3.63) is 63.9 Å². The summed E-state index contributed by atoms with van der Waals surface area (Å²) in [5, 5.41) is 0. The van der Waals surface area contributed by atoms with Crippen LogP contribution in [-0.2, 0) is 6.54 Å². The number of carbonyl (C=O) groups excluding carboxylic acids is 1. The molecule has 0 unspecified atom stereocenters. The Morgan fingerprint density at radius 3 is 2.61 bits per heavy atom. The molecule has 1 fully saturated rings. The van der Waals surface area contributed by atoms with Crippen molar-refractivity contribution in [3.63, 3.8) is 0 Å². The first-order chi connectivity index (χ1) is 13.6. The Hall–Kier alpha value is -1.92. The van der Waals surface area contributed by atoms with Crippen LogP contribution in [0.3, 0.4) is 0 Å². The fourth-order valence-electron chi connectivity index (χ4n) is 4.02. The Labute approximate surface area is 173 Å². The van der Waals surface area contributed by atoms with Gasteiger partial charge in [0.05, 0.1) is 0 Å². The number of hydrogen-bond donors (Lipinski definition) is 0. The minimum absolute atomic E-state index is 0.164. The van der Waals surface area contributed by atoms with Crippen molar-refractivity contribution in [2.45, 2.75) is 19.4 Å². The molecule has 0 N–H and O–H groups in total. The van der Waals surface area contributed by atoms with Gasteiger partial charge in [-0.05, 0) is 79.9 Å². The number of ether oxygens (including phenoxy) is 1. The number of hydrogen-bond acceptors (Lipinski definition) is 3. The van der Waals surface area contributed by atoms with E-state index >= 15 is 0 Å². The Morgan fingerprint density at radius 1 is 1.11 bits per heavy atom. The van der Waals surface area contributed by atoms with E-state index in [4.69, 9.17) is 4.74 Å². The van der Waals surface area contributed by atoms with Crippen LogP contribution in [0.15, 0.2) is 46.9 Å². The van der Waals surface area contributed by atoms with Crippen LogP contribution in [0.4, 0.5) is 4.39 Å². The number of likely N-dealkylation sites (tertiary alicyclic amines) is 1. The zero-order chi connectivity index (χ0) is 19.5. The second kappa shape index (κ2) is 8.62. The second-order valence-electron chi connectivity index (χ2n) is 7.57. The molecule has 2 aliphatic rings. The highest BCUT2D eigenvalue weighted by Gasteiger charge is 2.30. The van der Waals surface area contributed by atoms with Crippen molar-refractivity contribution in [1.29, 1.82) is 0 Å². The van der Waals surface area contributed by atoms with Crippen LogP contribution in [0.2, 0.25) is 0 Å². The third kappa shape index (κ3) is 4.55. The molecule has 2 aromatic rings. The quantitative estimate of drug-likeness (QED) is 0.661. The molecule has 2 aliphatic heterocycles. The van der Waals surface area contributed by atoms with Gasteiger partial charge in [-0.15, -0.1) is 0 Å². The van der Waals surface area contributed by atoms with Gasteiger partial charge in [-0.25, -0.2) is 4.39 Å². The second-order valence-corrected chi connectivity index (χ2v) is 8.49. The standard InChI is InChI=1S/C22H24BrFN2O2/c23-18-1-6-21-17(13-18)15-26(22(21)27)14-16-7-9-25(10-8-16)11-12-28-20-4-2-19(24)3-5-20/h1-6,13,16H,7-12,14-15H2. The van der Waals surface area contributed by atoms with Crippen molar-refractivity contribution in [2.24, 2.45) is 5.92 Å². The Morgan fingerprint density at radius 2 is 1.86 bits per heavy atom. The summed E-state index contributed by atoms with van der Waals surface area (Å²) in [6.45, 7) is 5.08. The fraction of sp³-hybridized carbons (Fsp3) is 0.409. The lowest BCUT2D eigenvalue weighted by molar-refractivity contribution is 0.0708. The third-order valence-corrected chi connectivity index (χ3v) is 6.11. The fourth-order valence-corrected chi connectivity index (χ4v) is 4.43. The van der Waals surface area contributed by atoms with Gasteiger partial charge in [0.2, 0.25) is 0 Å². The van der Waals surface area contributed by atoms with Crippen molar-refractivity contribution < 1.29 is 13.9 Å². The summed E-state index contributed by atoms with van der Waals surface area (Å²) in [5.74, 6) is 1.17. The van der Waals surface area contributed by atoms with Gasteiger partial charge in [0.1, 0.15) is 18.2 Å². The summed E-state index contributed by atoms with van der Waals surface area (Å²) in [6.07, 6.45) is 2.20. The van der Waals surface area contributed by atoms with Crippen LogP contribution in [0.25, 0.3) is 0 Å². The highest BCUT2D eigenvalue weighted by atomic mass is 79.9. The number of benzene rings is 2. The van der Waals surface area contributed by atoms with Crippen molar-refractivity contribution in [2.75, 3.05) is 32.8 Å². The lowest BCUT2D eigenvalue weighted by atomic mass is 9.96. The number of carbonyl (C=O) groups is 1. The molecular formula is C22H24BrFN2O2. The number of nitrogens with zero attached hydrogens (tertiary/aromatic N) is 2. The van der Waals surface area contributed by atoms with Crippen molar-refractivity contribution in [3.8, 4) is 5.75 Å². The van der Waals surface area contributed by atoms with Gasteiger partial charge in [0.15, 0.2) is 0 Å². The van der Waals surface area contributed by atoms with Gasteiger partial charge in [0.25, 0.3) is 5.91 Å². The number of halogens is 2. The molecule has 1 amide bonds. The monoisotopic (exact) mass is 446 g/mol. The first-order valence-electron chi connectivity index (χ1n) is 9.77. The summed E-state index contributed by atoms with van der Waals surface area (Å²) in [4.78, 5) is 17.0. The maximum Gasteiger partial charge on any atom is 0.254 e. The van der Waals surface area contributed by atoms with E-state index < -0.39 is 0 Å². The Kier molecular flexibility index (Phi) is 5.97. The van der Waals surface area contributed by atoms with E-state index in [0.29, 0.717) is 18.3 Å². The van der Waals surface area contributed by atoms with E-state index in [-0.39, 0.29) is 11.7 Å². The average molecular weight is 447 g/mol. The van der Waals surface area contributed by atoms with Gasteiger partial charge in [-0.2, -0.15) is 0 Å². The first kappa shape index (κ1) is 19.4. The smallest absolute Gasteiger partial charge is 0.254 e. The van der Waals surface area contributed by atoms with Crippen LogP contribution >= 0.6 is 15.9 Å². The summed E-state index contributed by atoms with van der Waals surface area (Å²) >= 11 is 3.49. The van der Waals surface area contributed by atoms with Gasteiger partial charge < -0.3 is 9.64 Å². The van der Waals surface area contributed by atoms with Crippen LogP contribution in [0.5, 0.6) is 5.75 Å². The molecule has 0 bridgehead atoms. The summed E-state index contributed by atoms with van der Waals surface area (Å²) in [5.41, 5.74) is 1.97. The van der Waals surface area contributed by atoms with Crippen molar-refractivity contribution in [1.82, 2.24) is 9.80 Å². The molecule has 148 valence electrons. The van der Waals surface area contributed by atoms with Crippen LogP contribution < -0.4 is 4.74 Å². The zero-order valence-corrected chi connectivity index (χ0v) is 17.3. The predicted octanol–water partition coefficient (Wildman–Crippen LogP) is 4.34. The minimum atomic E-state index is -0.248. The molecule has 2 aromatic carbocycles. The lowest BCUT2D eigenvalue weighted by Gasteiger charge is -2.33. The highest BCUT2D eigenvalue weighted by Crippen LogP contribution is 2.28. The van der Waals surface area contributed by atoms with Crippen LogP contribution in [0, 0.1) is 11.7 Å². The summed E-state index contributed by atoms with van der Waals surface area (Å²) < 4.78 is 19.6. The summed E-state index contributed by atoms with van der Waals surface area (Å²) in [7, 11) is 0. The summed E-state index contributed by atoms with van der Waals surface area (Å²) in [6, 6.07) is 12.1. The molecule has 0 aliphatic carbocycles. The molecule has 28 heavy (non-hydrogen) atoms. The highest BCUT2D eigenvalue weighted by molar-refractivity contribution is 9.10. The molecule has 4 rings (SSSR count). The van der Waals surface area contributed by atoms with Gasteiger partial charge >= 0.3 is 0 Å². The third-order valence-electron chi connectivity index (χ3n) is 5.62.